The Bertz CT molecular complexity index is 445. The lowest BCUT2D eigenvalue weighted by molar-refractivity contribution is 0.0957. The summed E-state index contributed by atoms with van der Waals surface area (Å²) < 4.78 is 0. The average molecular weight is 283 g/mol. The second kappa shape index (κ2) is 8.20. The van der Waals surface area contributed by atoms with Crippen LogP contribution in [0.1, 0.15) is 27.9 Å². The van der Waals surface area contributed by atoms with Gasteiger partial charge in [0.15, 0.2) is 0 Å². The van der Waals surface area contributed by atoms with Gasteiger partial charge in [0.05, 0.1) is 9.75 Å². The van der Waals surface area contributed by atoms with Crippen LogP contribution in [-0.4, -0.2) is 35.7 Å². The van der Waals surface area contributed by atoms with Crippen LogP contribution in [0.3, 0.4) is 0 Å². The Morgan fingerprint density at radius 2 is 2.39 bits per heavy atom. The van der Waals surface area contributed by atoms with Crippen LogP contribution in [0, 0.1) is 11.8 Å². The molecule has 1 atom stereocenters. The highest BCUT2D eigenvalue weighted by Crippen LogP contribution is 2.15. The summed E-state index contributed by atoms with van der Waals surface area (Å²) in [5.41, 5.74) is 0. The molecule has 1 rings (SSSR count). The number of aliphatic hydroxyl groups is 1. The molecular formula is C13H17NO2S2. The van der Waals surface area contributed by atoms with Crippen molar-refractivity contribution < 1.29 is 9.90 Å². The Balaban J connectivity index is 2.44. The van der Waals surface area contributed by atoms with Crippen molar-refractivity contribution in [2.24, 2.45) is 0 Å². The van der Waals surface area contributed by atoms with Crippen molar-refractivity contribution in [3.8, 4) is 11.8 Å². The molecular weight excluding hydrogens is 266 g/mol. The first-order valence-corrected chi connectivity index (χ1v) is 7.78. The van der Waals surface area contributed by atoms with E-state index in [0.29, 0.717) is 16.7 Å². The van der Waals surface area contributed by atoms with Crippen LogP contribution in [-0.2, 0) is 0 Å². The fraction of sp³-hybridized carbons (Fsp3) is 0.462. The fourth-order valence-corrected chi connectivity index (χ4v) is 2.40. The number of hydrogen-bond acceptors (Lipinski definition) is 4. The number of carbonyl (C=O) groups excluding carboxylic acids is 1. The van der Waals surface area contributed by atoms with Crippen molar-refractivity contribution in [1.82, 2.24) is 5.32 Å². The summed E-state index contributed by atoms with van der Waals surface area (Å²) in [7, 11) is 0. The van der Waals surface area contributed by atoms with Gasteiger partial charge in [-0.25, -0.2) is 0 Å². The summed E-state index contributed by atoms with van der Waals surface area (Å²) in [6.07, 6.45) is 3.04. The molecule has 0 radical (unpaired) electrons. The molecule has 0 bridgehead atoms. The maximum atomic E-state index is 11.8. The van der Waals surface area contributed by atoms with Gasteiger partial charge in [-0.1, -0.05) is 18.8 Å². The van der Waals surface area contributed by atoms with E-state index in [1.165, 1.54) is 11.3 Å². The van der Waals surface area contributed by atoms with E-state index in [9.17, 15) is 4.79 Å². The quantitative estimate of drug-likeness (QED) is 0.812. The van der Waals surface area contributed by atoms with Gasteiger partial charge in [0.25, 0.3) is 5.91 Å². The van der Waals surface area contributed by atoms with Gasteiger partial charge in [0, 0.05) is 11.8 Å². The lowest BCUT2D eigenvalue weighted by Crippen LogP contribution is -2.25. The SMILES string of the molecule is CSC(C)CCNC(=O)c1ccc(C#CCO)s1. The van der Waals surface area contributed by atoms with Crippen molar-refractivity contribution in [2.75, 3.05) is 19.4 Å². The van der Waals surface area contributed by atoms with E-state index in [4.69, 9.17) is 5.11 Å². The molecule has 0 saturated heterocycles. The average Bonchev–Trinajstić information content (AvgIpc) is 2.84. The minimum Gasteiger partial charge on any atom is -0.384 e. The molecule has 2 N–H and O–H groups in total. The Kier molecular flexibility index (Phi) is 6.88. The number of aliphatic hydroxyl groups excluding tert-OH is 1. The third kappa shape index (κ3) is 5.13. The Morgan fingerprint density at radius 3 is 3.06 bits per heavy atom. The lowest BCUT2D eigenvalue weighted by Gasteiger charge is -2.08. The second-order valence-electron chi connectivity index (χ2n) is 3.71. The van der Waals surface area contributed by atoms with Gasteiger partial charge >= 0.3 is 0 Å². The largest absolute Gasteiger partial charge is 0.384 e. The van der Waals surface area contributed by atoms with E-state index < -0.39 is 0 Å². The maximum absolute atomic E-state index is 11.8. The number of carbonyl (C=O) groups is 1. The monoisotopic (exact) mass is 283 g/mol. The molecule has 1 heterocycles. The molecule has 0 aliphatic carbocycles. The van der Waals surface area contributed by atoms with Gasteiger partial charge in [0.1, 0.15) is 6.61 Å². The molecule has 0 saturated carbocycles. The van der Waals surface area contributed by atoms with Gasteiger partial charge in [0.2, 0.25) is 0 Å². The molecule has 0 spiro atoms. The molecule has 18 heavy (non-hydrogen) atoms. The lowest BCUT2D eigenvalue weighted by atomic mass is 10.3. The number of rotatable bonds is 5. The molecule has 0 fully saturated rings. The third-order valence-electron chi connectivity index (χ3n) is 2.36. The number of amides is 1. The van der Waals surface area contributed by atoms with Gasteiger partial charge < -0.3 is 10.4 Å². The first-order chi connectivity index (χ1) is 8.67. The molecule has 0 aliphatic heterocycles. The van der Waals surface area contributed by atoms with Crippen molar-refractivity contribution in [3.63, 3.8) is 0 Å². The van der Waals surface area contributed by atoms with Gasteiger partial charge in [-0.15, -0.1) is 11.3 Å². The fourth-order valence-electron chi connectivity index (χ4n) is 1.25. The predicted molar refractivity (Wildman–Crippen MR) is 78.2 cm³/mol. The number of thioether (sulfide) groups is 1. The van der Waals surface area contributed by atoms with Crippen molar-refractivity contribution in [2.45, 2.75) is 18.6 Å². The van der Waals surface area contributed by atoms with E-state index in [1.807, 2.05) is 0 Å². The molecule has 1 amide bonds. The predicted octanol–water partition coefficient (Wildman–Crippen LogP) is 1.96. The Hall–Kier alpha value is -0.960. The van der Waals surface area contributed by atoms with Crippen molar-refractivity contribution in [1.29, 1.82) is 0 Å². The number of nitrogens with one attached hydrogen (secondary N) is 1. The van der Waals surface area contributed by atoms with Crippen LogP contribution >= 0.6 is 23.1 Å². The topological polar surface area (TPSA) is 49.3 Å². The van der Waals surface area contributed by atoms with Crippen LogP contribution in [0.2, 0.25) is 0 Å². The Morgan fingerprint density at radius 1 is 1.61 bits per heavy atom. The molecule has 1 unspecified atom stereocenters. The molecule has 5 heteroatoms. The highest BCUT2D eigenvalue weighted by molar-refractivity contribution is 7.99. The summed E-state index contributed by atoms with van der Waals surface area (Å²) >= 11 is 3.14. The smallest absolute Gasteiger partial charge is 0.261 e. The van der Waals surface area contributed by atoms with E-state index in [-0.39, 0.29) is 12.5 Å². The van der Waals surface area contributed by atoms with Crippen molar-refractivity contribution in [3.05, 3.63) is 21.9 Å². The number of hydrogen-bond donors (Lipinski definition) is 2. The highest BCUT2D eigenvalue weighted by atomic mass is 32.2. The zero-order chi connectivity index (χ0) is 13.4. The first-order valence-electron chi connectivity index (χ1n) is 5.68. The standard InChI is InChI=1S/C13H17NO2S2/c1-10(17-2)7-8-14-13(16)12-6-5-11(18-12)4-3-9-15/h5-6,10,15H,7-9H2,1-2H3,(H,14,16). The summed E-state index contributed by atoms with van der Waals surface area (Å²) in [5.74, 6) is 5.30. The first kappa shape index (κ1) is 15.1. The summed E-state index contributed by atoms with van der Waals surface area (Å²) in [5, 5.41) is 12.0. The normalized spacial score (nSPS) is 11.5. The minimum atomic E-state index is -0.161. The van der Waals surface area contributed by atoms with Gasteiger partial charge in [-0.2, -0.15) is 11.8 Å². The van der Waals surface area contributed by atoms with Gasteiger partial charge in [-0.05, 0) is 24.8 Å². The Labute approximate surface area is 116 Å². The molecule has 1 aromatic heterocycles. The third-order valence-corrected chi connectivity index (χ3v) is 4.40. The molecule has 1 aromatic rings. The summed E-state index contributed by atoms with van der Waals surface area (Å²) in [4.78, 5) is 13.3. The molecule has 98 valence electrons. The van der Waals surface area contributed by atoms with Crippen LogP contribution in [0.15, 0.2) is 12.1 Å². The van der Waals surface area contributed by atoms with Crippen molar-refractivity contribution >= 4 is 29.0 Å². The van der Waals surface area contributed by atoms with E-state index >= 15 is 0 Å². The second-order valence-corrected chi connectivity index (χ2v) is 6.07. The summed E-state index contributed by atoms with van der Waals surface area (Å²) in [6.45, 7) is 2.67. The van der Waals surface area contributed by atoms with Crippen LogP contribution in [0.4, 0.5) is 0 Å². The number of thiophene rings is 1. The molecule has 0 aliphatic rings. The molecule has 3 nitrogen and oxygen atoms in total. The van der Waals surface area contributed by atoms with E-state index in [0.717, 1.165) is 11.3 Å². The maximum Gasteiger partial charge on any atom is 0.261 e. The van der Waals surface area contributed by atoms with Gasteiger partial charge in [-0.3, -0.25) is 4.79 Å². The molecule has 0 aromatic carbocycles. The summed E-state index contributed by atoms with van der Waals surface area (Å²) in [6, 6.07) is 3.56. The minimum absolute atomic E-state index is 0.0506. The van der Waals surface area contributed by atoms with Crippen LogP contribution < -0.4 is 5.32 Å². The van der Waals surface area contributed by atoms with E-state index in [2.05, 4.69) is 30.3 Å². The van der Waals surface area contributed by atoms with E-state index in [1.54, 1.807) is 23.9 Å². The zero-order valence-electron chi connectivity index (χ0n) is 10.5. The van der Waals surface area contributed by atoms with Crippen LogP contribution in [0.25, 0.3) is 0 Å². The zero-order valence-corrected chi connectivity index (χ0v) is 12.2. The highest BCUT2D eigenvalue weighted by Gasteiger charge is 2.08. The van der Waals surface area contributed by atoms with Crippen LogP contribution in [0.5, 0.6) is 0 Å².